The number of amides is 2. The molecule has 4 heteroatoms. The van der Waals surface area contributed by atoms with Crippen molar-refractivity contribution in [3.05, 3.63) is 29.8 Å². The molecule has 0 spiro atoms. The zero-order valence-electron chi connectivity index (χ0n) is 11.3. The predicted molar refractivity (Wildman–Crippen MR) is 72.5 cm³/mol. The molecular formula is C14H20N2O2. The number of nitrogens with one attached hydrogen (secondary N) is 2. The van der Waals surface area contributed by atoms with Gasteiger partial charge in [0, 0.05) is 24.2 Å². The largest absolute Gasteiger partial charge is 0.349 e. The van der Waals surface area contributed by atoms with Crippen molar-refractivity contribution in [3.63, 3.8) is 0 Å². The fraction of sp³-hybridized carbons (Fsp3) is 0.429. The minimum absolute atomic E-state index is 0.113. The molecule has 0 aliphatic heterocycles. The second kappa shape index (κ2) is 6.19. The Morgan fingerprint density at radius 2 is 1.83 bits per heavy atom. The SMILES string of the molecule is CC(=O)Nc1cccc(C(=O)NC(C)C(C)C)c1. The fourth-order valence-electron chi connectivity index (χ4n) is 1.40. The molecule has 1 rings (SSSR count). The third-order valence-electron chi connectivity index (χ3n) is 2.80. The van der Waals surface area contributed by atoms with E-state index in [0.717, 1.165) is 0 Å². The maximum atomic E-state index is 12.0. The molecule has 0 aliphatic rings. The number of rotatable bonds is 4. The van der Waals surface area contributed by atoms with Gasteiger partial charge in [0.1, 0.15) is 0 Å². The van der Waals surface area contributed by atoms with E-state index in [0.29, 0.717) is 17.2 Å². The summed E-state index contributed by atoms with van der Waals surface area (Å²) in [7, 11) is 0. The average molecular weight is 248 g/mol. The third kappa shape index (κ3) is 4.20. The van der Waals surface area contributed by atoms with E-state index < -0.39 is 0 Å². The van der Waals surface area contributed by atoms with E-state index in [-0.39, 0.29) is 17.9 Å². The van der Waals surface area contributed by atoms with Crippen LogP contribution in [0.5, 0.6) is 0 Å². The van der Waals surface area contributed by atoms with Crippen LogP contribution in [-0.4, -0.2) is 17.9 Å². The standard InChI is InChI=1S/C14H20N2O2/c1-9(2)10(3)15-14(18)12-6-5-7-13(8-12)16-11(4)17/h5-10H,1-4H3,(H,15,18)(H,16,17). The van der Waals surface area contributed by atoms with Crippen LogP contribution < -0.4 is 10.6 Å². The van der Waals surface area contributed by atoms with Crippen molar-refractivity contribution >= 4 is 17.5 Å². The van der Waals surface area contributed by atoms with Crippen LogP contribution in [0.1, 0.15) is 38.1 Å². The second-order valence-corrected chi connectivity index (χ2v) is 4.77. The fourth-order valence-corrected chi connectivity index (χ4v) is 1.40. The van der Waals surface area contributed by atoms with Crippen LogP contribution in [0.4, 0.5) is 5.69 Å². The molecule has 0 fully saturated rings. The minimum atomic E-state index is -0.150. The quantitative estimate of drug-likeness (QED) is 0.859. The number of benzene rings is 1. The van der Waals surface area contributed by atoms with Gasteiger partial charge in [0.2, 0.25) is 5.91 Å². The first-order chi connectivity index (χ1) is 8.40. The Labute approximate surface area is 108 Å². The van der Waals surface area contributed by atoms with Crippen molar-refractivity contribution in [1.29, 1.82) is 0 Å². The van der Waals surface area contributed by atoms with Gasteiger partial charge in [0.05, 0.1) is 0 Å². The lowest BCUT2D eigenvalue weighted by Crippen LogP contribution is -2.36. The molecule has 0 bridgehead atoms. The van der Waals surface area contributed by atoms with Crippen molar-refractivity contribution in [1.82, 2.24) is 5.32 Å². The van der Waals surface area contributed by atoms with Gasteiger partial charge in [-0.25, -0.2) is 0 Å². The van der Waals surface area contributed by atoms with Crippen LogP contribution >= 0.6 is 0 Å². The molecule has 0 aliphatic carbocycles. The molecule has 2 N–H and O–H groups in total. The summed E-state index contributed by atoms with van der Waals surface area (Å²) in [6, 6.07) is 7.02. The molecular weight excluding hydrogens is 228 g/mol. The van der Waals surface area contributed by atoms with E-state index in [1.807, 2.05) is 6.92 Å². The highest BCUT2D eigenvalue weighted by Crippen LogP contribution is 2.11. The monoisotopic (exact) mass is 248 g/mol. The van der Waals surface area contributed by atoms with Gasteiger partial charge in [-0.05, 0) is 31.0 Å². The van der Waals surface area contributed by atoms with E-state index in [1.165, 1.54) is 6.92 Å². The molecule has 0 heterocycles. The van der Waals surface area contributed by atoms with Gasteiger partial charge in [-0.2, -0.15) is 0 Å². The highest BCUT2D eigenvalue weighted by atomic mass is 16.2. The molecule has 0 saturated heterocycles. The summed E-state index contributed by atoms with van der Waals surface area (Å²) >= 11 is 0. The van der Waals surface area contributed by atoms with E-state index in [1.54, 1.807) is 24.3 Å². The number of carbonyl (C=O) groups excluding carboxylic acids is 2. The van der Waals surface area contributed by atoms with E-state index >= 15 is 0 Å². The van der Waals surface area contributed by atoms with Gasteiger partial charge in [-0.1, -0.05) is 19.9 Å². The van der Waals surface area contributed by atoms with Gasteiger partial charge < -0.3 is 10.6 Å². The summed E-state index contributed by atoms with van der Waals surface area (Å²) in [5.74, 6) is 0.110. The smallest absolute Gasteiger partial charge is 0.251 e. The molecule has 98 valence electrons. The van der Waals surface area contributed by atoms with Crippen LogP contribution in [0.15, 0.2) is 24.3 Å². The number of carbonyl (C=O) groups is 2. The van der Waals surface area contributed by atoms with Gasteiger partial charge in [-0.15, -0.1) is 0 Å². The number of hydrogen-bond donors (Lipinski definition) is 2. The topological polar surface area (TPSA) is 58.2 Å². The summed E-state index contributed by atoms with van der Waals surface area (Å²) in [4.78, 5) is 22.9. The first kappa shape index (κ1) is 14.2. The summed E-state index contributed by atoms with van der Waals surface area (Å²) < 4.78 is 0. The Hall–Kier alpha value is -1.84. The lowest BCUT2D eigenvalue weighted by Gasteiger charge is -2.17. The van der Waals surface area contributed by atoms with Crippen LogP contribution in [0.25, 0.3) is 0 Å². The van der Waals surface area contributed by atoms with Crippen molar-refractivity contribution in [2.24, 2.45) is 5.92 Å². The molecule has 1 aromatic rings. The van der Waals surface area contributed by atoms with E-state index in [9.17, 15) is 9.59 Å². The van der Waals surface area contributed by atoms with Crippen molar-refractivity contribution in [2.45, 2.75) is 33.7 Å². The Kier molecular flexibility index (Phi) is 4.89. The normalized spacial score (nSPS) is 12.1. The lowest BCUT2D eigenvalue weighted by atomic mass is 10.1. The molecule has 1 aromatic carbocycles. The maximum Gasteiger partial charge on any atom is 0.251 e. The van der Waals surface area contributed by atoms with Crippen LogP contribution in [0.2, 0.25) is 0 Å². The number of anilines is 1. The maximum absolute atomic E-state index is 12.0. The van der Waals surface area contributed by atoms with Gasteiger partial charge in [0.15, 0.2) is 0 Å². The first-order valence-corrected chi connectivity index (χ1v) is 6.08. The van der Waals surface area contributed by atoms with E-state index in [4.69, 9.17) is 0 Å². The zero-order chi connectivity index (χ0) is 13.7. The molecule has 2 amide bonds. The van der Waals surface area contributed by atoms with Gasteiger partial charge in [0.25, 0.3) is 5.91 Å². The summed E-state index contributed by atoms with van der Waals surface area (Å²) in [5.41, 5.74) is 1.18. The highest BCUT2D eigenvalue weighted by molar-refractivity contribution is 5.96. The lowest BCUT2D eigenvalue weighted by molar-refractivity contribution is -0.114. The van der Waals surface area contributed by atoms with Gasteiger partial charge >= 0.3 is 0 Å². The highest BCUT2D eigenvalue weighted by Gasteiger charge is 2.12. The third-order valence-corrected chi connectivity index (χ3v) is 2.80. The van der Waals surface area contributed by atoms with Gasteiger partial charge in [-0.3, -0.25) is 9.59 Å². The average Bonchev–Trinajstić information content (AvgIpc) is 2.28. The summed E-state index contributed by atoms with van der Waals surface area (Å²) in [6.07, 6.45) is 0. The Balaban J connectivity index is 2.77. The Bertz CT molecular complexity index is 441. The molecule has 1 atom stereocenters. The minimum Gasteiger partial charge on any atom is -0.349 e. The Morgan fingerprint density at radius 1 is 1.17 bits per heavy atom. The summed E-state index contributed by atoms with van der Waals surface area (Å²) in [5, 5.41) is 5.58. The van der Waals surface area contributed by atoms with E-state index in [2.05, 4.69) is 24.5 Å². The molecule has 0 aromatic heterocycles. The molecule has 0 radical (unpaired) electrons. The van der Waals surface area contributed by atoms with Crippen LogP contribution in [0.3, 0.4) is 0 Å². The predicted octanol–water partition coefficient (Wildman–Crippen LogP) is 2.42. The van der Waals surface area contributed by atoms with Crippen LogP contribution in [0, 0.1) is 5.92 Å². The van der Waals surface area contributed by atoms with Crippen LogP contribution in [-0.2, 0) is 4.79 Å². The second-order valence-electron chi connectivity index (χ2n) is 4.77. The zero-order valence-corrected chi connectivity index (χ0v) is 11.3. The summed E-state index contributed by atoms with van der Waals surface area (Å²) in [6.45, 7) is 7.52. The Morgan fingerprint density at radius 3 is 2.39 bits per heavy atom. The first-order valence-electron chi connectivity index (χ1n) is 6.08. The molecule has 4 nitrogen and oxygen atoms in total. The molecule has 18 heavy (non-hydrogen) atoms. The van der Waals surface area contributed by atoms with Crippen molar-refractivity contribution < 1.29 is 9.59 Å². The molecule has 1 unspecified atom stereocenters. The van der Waals surface area contributed by atoms with Crippen molar-refractivity contribution in [3.8, 4) is 0 Å². The molecule has 0 saturated carbocycles. The van der Waals surface area contributed by atoms with Crippen molar-refractivity contribution in [2.75, 3.05) is 5.32 Å². The number of hydrogen-bond acceptors (Lipinski definition) is 2.